The number of carbonyl (C=O) groups is 1. The van der Waals surface area contributed by atoms with Crippen LogP contribution in [0.25, 0.3) is 0 Å². The van der Waals surface area contributed by atoms with Crippen molar-refractivity contribution in [1.29, 1.82) is 0 Å². The molecule has 2 amide bonds. The second kappa shape index (κ2) is 6.06. The molecule has 0 saturated carbocycles. The average molecular weight is 288 g/mol. The van der Waals surface area contributed by atoms with Crippen LogP contribution in [0.1, 0.15) is 37.8 Å². The number of hydrogen-bond donors (Lipinski definition) is 1. The lowest BCUT2D eigenvalue weighted by atomic mass is 9.90. The number of hydrogen-bond acceptors (Lipinski definition) is 2. The summed E-state index contributed by atoms with van der Waals surface area (Å²) in [7, 11) is 0. The van der Waals surface area contributed by atoms with E-state index in [1.807, 2.05) is 30.9 Å². The first kappa shape index (κ1) is 14.4. The number of urea groups is 1. The first-order valence-electron chi connectivity index (χ1n) is 7.95. The van der Waals surface area contributed by atoms with Gasteiger partial charge in [0.05, 0.1) is 12.2 Å². The van der Waals surface area contributed by atoms with Crippen LogP contribution in [-0.4, -0.2) is 36.2 Å². The Morgan fingerprint density at radius 3 is 2.67 bits per heavy atom. The summed E-state index contributed by atoms with van der Waals surface area (Å²) in [6.07, 6.45) is 4.87. The number of amides is 2. The van der Waals surface area contributed by atoms with Gasteiger partial charge in [0.15, 0.2) is 0 Å². The summed E-state index contributed by atoms with van der Waals surface area (Å²) in [6, 6.07) is 6.25. The number of nitrogens with zero attached hydrogens (tertiary/aromatic N) is 1. The number of ether oxygens (including phenoxy) is 1. The van der Waals surface area contributed by atoms with Crippen LogP contribution >= 0.6 is 0 Å². The Kier molecular flexibility index (Phi) is 4.15. The molecule has 0 spiro atoms. The molecule has 1 aromatic carbocycles. The van der Waals surface area contributed by atoms with Crippen LogP contribution in [0.5, 0.6) is 0 Å². The zero-order valence-electron chi connectivity index (χ0n) is 12.9. The van der Waals surface area contributed by atoms with E-state index in [4.69, 9.17) is 4.74 Å². The predicted molar refractivity (Wildman–Crippen MR) is 83.7 cm³/mol. The van der Waals surface area contributed by atoms with Crippen LogP contribution in [0, 0.1) is 0 Å². The second-order valence-electron chi connectivity index (χ2n) is 6.24. The van der Waals surface area contributed by atoms with Crippen molar-refractivity contribution in [2.75, 3.05) is 18.4 Å². The Hall–Kier alpha value is -1.55. The summed E-state index contributed by atoms with van der Waals surface area (Å²) >= 11 is 0. The first-order chi connectivity index (χ1) is 10.1. The van der Waals surface area contributed by atoms with E-state index in [9.17, 15) is 4.79 Å². The molecule has 0 radical (unpaired) electrons. The molecule has 3 rings (SSSR count). The maximum absolute atomic E-state index is 12.5. The van der Waals surface area contributed by atoms with Gasteiger partial charge in [-0.3, -0.25) is 0 Å². The highest BCUT2D eigenvalue weighted by Crippen LogP contribution is 2.28. The molecule has 1 saturated heterocycles. The number of benzene rings is 1. The Bertz CT molecular complexity index is 520. The van der Waals surface area contributed by atoms with Crippen LogP contribution in [0.4, 0.5) is 10.5 Å². The molecule has 4 heteroatoms. The van der Waals surface area contributed by atoms with Gasteiger partial charge in [0.1, 0.15) is 0 Å². The molecule has 21 heavy (non-hydrogen) atoms. The van der Waals surface area contributed by atoms with Gasteiger partial charge in [-0.25, -0.2) is 4.79 Å². The molecule has 1 heterocycles. The van der Waals surface area contributed by atoms with E-state index in [1.54, 1.807) is 0 Å². The lowest BCUT2D eigenvalue weighted by Gasteiger charge is -2.35. The number of morpholine rings is 1. The van der Waals surface area contributed by atoms with Gasteiger partial charge < -0.3 is 15.0 Å². The quantitative estimate of drug-likeness (QED) is 0.862. The van der Waals surface area contributed by atoms with E-state index in [0.717, 1.165) is 18.5 Å². The van der Waals surface area contributed by atoms with Crippen LogP contribution in [-0.2, 0) is 17.6 Å². The van der Waals surface area contributed by atoms with E-state index in [-0.39, 0.29) is 18.2 Å². The van der Waals surface area contributed by atoms with Crippen LogP contribution in [0.3, 0.4) is 0 Å². The Labute approximate surface area is 126 Å². The predicted octanol–water partition coefficient (Wildman–Crippen LogP) is 3.21. The van der Waals surface area contributed by atoms with Gasteiger partial charge in [-0.05, 0) is 56.7 Å². The van der Waals surface area contributed by atoms with Gasteiger partial charge >= 0.3 is 6.03 Å². The molecular weight excluding hydrogens is 264 g/mol. The minimum Gasteiger partial charge on any atom is -0.372 e. The van der Waals surface area contributed by atoms with Crippen molar-refractivity contribution < 1.29 is 9.53 Å². The molecule has 4 nitrogen and oxygen atoms in total. The van der Waals surface area contributed by atoms with E-state index in [1.165, 1.54) is 24.0 Å². The lowest BCUT2D eigenvalue weighted by molar-refractivity contribution is -0.0530. The zero-order valence-corrected chi connectivity index (χ0v) is 12.9. The van der Waals surface area contributed by atoms with Crippen molar-refractivity contribution in [2.45, 2.75) is 51.7 Å². The summed E-state index contributed by atoms with van der Waals surface area (Å²) in [5, 5.41) is 3.11. The standard InChI is InChI=1S/C17H24N2O2/c1-12-10-19(11-13(2)21-12)17(20)18-16-9-5-7-14-6-3-4-8-15(14)16/h5,7,9,12-13H,3-4,6,8,10-11H2,1-2H3,(H,18,20)/t12-,13-/m1/s1. The smallest absolute Gasteiger partial charge is 0.322 e. The van der Waals surface area contributed by atoms with Gasteiger partial charge in [0.25, 0.3) is 0 Å². The van der Waals surface area contributed by atoms with Gasteiger partial charge in [0.2, 0.25) is 0 Å². The van der Waals surface area contributed by atoms with E-state index < -0.39 is 0 Å². The molecule has 1 aliphatic heterocycles. The molecule has 0 unspecified atom stereocenters. The van der Waals surface area contributed by atoms with Gasteiger partial charge in [-0.1, -0.05) is 12.1 Å². The fourth-order valence-corrected chi connectivity index (χ4v) is 3.44. The van der Waals surface area contributed by atoms with Crippen molar-refractivity contribution in [3.8, 4) is 0 Å². The molecular formula is C17H24N2O2. The number of fused-ring (bicyclic) bond motifs is 1. The largest absolute Gasteiger partial charge is 0.372 e. The molecule has 1 aromatic rings. The van der Waals surface area contributed by atoms with Crippen molar-refractivity contribution in [1.82, 2.24) is 4.90 Å². The van der Waals surface area contributed by atoms with Gasteiger partial charge in [-0.15, -0.1) is 0 Å². The van der Waals surface area contributed by atoms with Crippen LogP contribution in [0.15, 0.2) is 18.2 Å². The first-order valence-corrected chi connectivity index (χ1v) is 7.95. The number of rotatable bonds is 1. The van der Waals surface area contributed by atoms with Crippen LogP contribution < -0.4 is 5.32 Å². The molecule has 1 fully saturated rings. The Balaban J connectivity index is 1.73. The maximum Gasteiger partial charge on any atom is 0.322 e. The third-order valence-corrected chi connectivity index (χ3v) is 4.34. The molecule has 114 valence electrons. The molecule has 0 bridgehead atoms. The Morgan fingerprint density at radius 1 is 1.19 bits per heavy atom. The summed E-state index contributed by atoms with van der Waals surface area (Å²) < 4.78 is 5.69. The zero-order chi connectivity index (χ0) is 14.8. The van der Waals surface area contributed by atoms with E-state index >= 15 is 0 Å². The third kappa shape index (κ3) is 3.21. The minimum absolute atomic E-state index is 0.00373. The average Bonchev–Trinajstić information content (AvgIpc) is 2.46. The minimum atomic E-state index is -0.00373. The number of anilines is 1. The third-order valence-electron chi connectivity index (χ3n) is 4.34. The number of aryl methyl sites for hydroxylation is 1. The number of nitrogens with one attached hydrogen (secondary N) is 1. The fourth-order valence-electron chi connectivity index (χ4n) is 3.44. The highest BCUT2D eigenvalue weighted by molar-refractivity contribution is 5.90. The summed E-state index contributed by atoms with van der Waals surface area (Å²) in [4.78, 5) is 14.4. The van der Waals surface area contributed by atoms with Gasteiger partial charge in [0, 0.05) is 18.8 Å². The van der Waals surface area contributed by atoms with Crippen molar-refractivity contribution in [2.24, 2.45) is 0 Å². The summed E-state index contributed by atoms with van der Waals surface area (Å²) in [5.41, 5.74) is 3.71. The highest BCUT2D eigenvalue weighted by atomic mass is 16.5. The normalized spacial score (nSPS) is 25.3. The van der Waals surface area contributed by atoms with Crippen LogP contribution in [0.2, 0.25) is 0 Å². The number of carbonyl (C=O) groups excluding carboxylic acids is 1. The van der Waals surface area contributed by atoms with Crippen molar-refractivity contribution in [3.63, 3.8) is 0 Å². The lowest BCUT2D eigenvalue weighted by Crippen LogP contribution is -2.49. The molecule has 1 N–H and O–H groups in total. The second-order valence-corrected chi connectivity index (χ2v) is 6.24. The molecule has 2 aliphatic rings. The van der Waals surface area contributed by atoms with Gasteiger partial charge in [-0.2, -0.15) is 0 Å². The highest BCUT2D eigenvalue weighted by Gasteiger charge is 2.26. The topological polar surface area (TPSA) is 41.6 Å². The summed E-state index contributed by atoms with van der Waals surface area (Å²) in [6.45, 7) is 5.34. The SMILES string of the molecule is C[C@@H]1CN(C(=O)Nc2cccc3c2CCCC3)C[C@@H](C)O1. The maximum atomic E-state index is 12.5. The molecule has 1 aliphatic carbocycles. The molecule has 0 aromatic heterocycles. The van der Waals surface area contributed by atoms with E-state index in [2.05, 4.69) is 11.4 Å². The Morgan fingerprint density at radius 2 is 1.90 bits per heavy atom. The monoisotopic (exact) mass is 288 g/mol. The van der Waals surface area contributed by atoms with E-state index in [0.29, 0.717) is 13.1 Å². The van der Waals surface area contributed by atoms with Crippen molar-refractivity contribution >= 4 is 11.7 Å². The van der Waals surface area contributed by atoms with Crippen molar-refractivity contribution in [3.05, 3.63) is 29.3 Å². The molecule has 2 atom stereocenters. The summed E-state index contributed by atoms with van der Waals surface area (Å²) in [5.74, 6) is 0. The fraction of sp³-hybridized carbons (Fsp3) is 0.588.